The maximum absolute atomic E-state index is 13.0. The Morgan fingerprint density at radius 1 is 1.03 bits per heavy atom. The lowest BCUT2D eigenvalue weighted by atomic mass is 10.1. The minimum atomic E-state index is -4.40. The summed E-state index contributed by atoms with van der Waals surface area (Å²) in [5.74, 6) is 0.452. The number of nitrogens with zero attached hydrogens (tertiary/aromatic N) is 7. The average Bonchev–Trinajstić information content (AvgIpc) is 3.42. The number of hydrogen-bond acceptors (Lipinski definition) is 6. The largest absolute Gasteiger partial charge is 0.416 e. The van der Waals surface area contributed by atoms with Crippen LogP contribution in [0, 0.1) is 0 Å². The van der Waals surface area contributed by atoms with Crippen LogP contribution in [0.1, 0.15) is 43.1 Å². The fraction of sp³-hybridized carbons (Fsp3) is 0.429. The Hall–Kier alpha value is -3.48. The maximum Gasteiger partial charge on any atom is 0.416 e. The summed E-state index contributed by atoms with van der Waals surface area (Å²) in [6, 6.07) is 4.78. The van der Waals surface area contributed by atoms with Crippen LogP contribution in [0.25, 0.3) is 11.2 Å². The number of unbranched alkanes of at least 4 members (excludes halogenated alkanes) is 1. The minimum Gasteiger partial charge on any atom is -0.323 e. The number of imidazole rings is 1. The highest BCUT2D eigenvalue weighted by atomic mass is 35.5. The van der Waals surface area contributed by atoms with E-state index in [4.69, 9.17) is 11.6 Å². The molecule has 14 heteroatoms. The highest BCUT2D eigenvalue weighted by Gasteiger charge is 2.30. The number of halogens is 4. The van der Waals surface area contributed by atoms with E-state index in [9.17, 15) is 22.8 Å². The zero-order chi connectivity index (χ0) is 25.2. The lowest BCUT2D eigenvalue weighted by molar-refractivity contribution is -0.137. The minimum absolute atomic E-state index is 0.0288. The van der Waals surface area contributed by atoms with Gasteiger partial charge in [-0.1, -0.05) is 25.5 Å². The van der Waals surface area contributed by atoms with Gasteiger partial charge in [0.1, 0.15) is 0 Å². The molecule has 10 nitrogen and oxygen atoms in total. The van der Waals surface area contributed by atoms with Gasteiger partial charge >= 0.3 is 11.9 Å². The van der Waals surface area contributed by atoms with Gasteiger partial charge in [-0.2, -0.15) is 18.2 Å². The second kappa shape index (κ2) is 10.0. The third-order valence-electron chi connectivity index (χ3n) is 5.57. The molecular weight excluding hydrogens is 489 g/mol. The van der Waals surface area contributed by atoms with Crippen LogP contribution >= 0.6 is 11.6 Å². The molecule has 0 spiro atoms. The molecule has 0 unspecified atom stereocenters. The molecule has 0 radical (unpaired) electrons. The zero-order valence-electron chi connectivity index (χ0n) is 18.7. The molecule has 4 aromatic rings. The lowest BCUT2D eigenvalue weighted by Crippen LogP contribution is -2.40. The van der Waals surface area contributed by atoms with Gasteiger partial charge in [-0.05, 0) is 52.6 Å². The van der Waals surface area contributed by atoms with Crippen molar-refractivity contribution in [2.75, 3.05) is 0 Å². The zero-order valence-corrected chi connectivity index (χ0v) is 19.5. The van der Waals surface area contributed by atoms with Crippen LogP contribution in [0.2, 0.25) is 5.28 Å². The predicted molar refractivity (Wildman–Crippen MR) is 121 cm³/mol. The number of H-pyrrole nitrogens is 1. The van der Waals surface area contributed by atoms with E-state index in [1.807, 2.05) is 6.92 Å². The molecule has 0 saturated carbocycles. The first-order valence-corrected chi connectivity index (χ1v) is 11.4. The van der Waals surface area contributed by atoms with E-state index in [1.54, 1.807) is 0 Å². The number of rotatable bonds is 9. The molecular formula is C21H22ClF3N8O2. The number of benzene rings is 1. The van der Waals surface area contributed by atoms with Gasteiger partial charge in [0.15, 0.2) is 17.0 Å². The Morgan fingerprint density at radius 2 is 1.74 bits per heavy atom. The van der Waals surface area contributed by atoms with Crippen LogP contribution in [0.15, 0.2) is 33.9 Å². The normalized spacial score (nSPS) is 12.0. The molecule has 3 heterocycles. The van der Waals surface area contributed by atoms with Crippen molar-refractivity contribution in [1.29, 1.82) is 0 Å². The van der Waals surface area contributed by atoms with Gasteiger partial charge in [0.05, 0.1) is 5.56 Å². The second-order valence-electron chi connectivity index (χ2n) is 8.01. The lowest BCUT2D eigenvalue weighted by Gasteiger charge is -2.11. The molecule has 0 fully saturated rings. The molecule has 4 rings (SSSR count). The fourth-order valence-corrected chi connectivity index (χ4v) is 3.92. The number of tetrazole rings is 1. The fourth-order valence-electron chi connectivity index (χ4n) is 3.75. The number of aromatic nitrogens is 8. The Labute approximate surface area is 201 Å². The van der Waals surface area contributed by atoms with E-state index in [1.165, 1.54) is 21.4 Å². The first-order valence-electron chi connectivity index (χ1n) is 11.0. The van der Waals surface area contributed by atoms with E-state index in [2.05, 4.69) is 25.5 Å². The van der Waals surface area contributed by atoms with Crippen molar-refractivity contribution in [3.05, 3.63) is 67.3 Å². The van der Waals surface area contributed by atoms with Crippen LogP contribution in [0.3, 0.4) is 0 Å². The number of alkyl halides is 3. The summed E-state index contributed by atoms with van der Waals surface area (Å²) >= 11 is 5.94. The molecule has 0 bridgehead atoms. The van der Waals surface area contributed by atoms with Crippen molar-refractivity contribution < 1.29 is 13.2 Å². The molecule has 1 N–H and O–H groups in total. The summed E-state index contributed by atoms with van der Waals surface area (Å²) in [6.45, 7) is 2.79. The van der Waals surface area contributed by atoms with Crippen LogP contribution < -0.4 is 11.2 Å². The summed E-state index contributed by atoms with van der Waals surface area (Å²) in [7, 11) is 0. The molecule has 0 amide bonds. The Kier molecular flexibility index (Phi) is 7.05. The number of fused-ring (bicyclic) bond motifs is 1. The van der Waals surface area contributed by atoms with Crippen LogP contribution in [0.4, 0.5) is 13.2 Å². The topological polar surface area (TPSA) is 116 Å². The molecule has 0 aliphatic rings. The Bertz CT molecular complexity index is 1440. The summed E-state index contributed by atoms with van der Waals surface area (Å²) in [4.78, 5) is 32.7. The standard InChI is InChI=1S/C21H22ClF3N8O2/c1-2-3-9-31-17-16(26-19(22)27-17)18(34)32(20(31)35)10-4-11-33-15(28-29-30-33)12-13-5-7-14(8-6-13)21(23,24)25/h5-8H,2-4,9-12H2,1H3,(H,26,27). The van der Waals surface area contributed by atoms with E-state index in [0.717, 1.165) is 29.5 Å². The van der Waals surface area contributed by atoms with Crippen molar-refractivity contribution in [3.63, 3.8) is 0 Å². The van der Waals surface area contributed by atoms with E-state index in [-0.39, 0.29) is 29.4 Å². The van der Waals surface area contributed by atoms with Crippen molar-refractivity contribution in [2.45, 2.75) is 58.4 Å². The molecule has 0 aliphatic carbocycles. The van der Waals surface area contributed by atoms with E-state index in [0.29, 0.717) is 30.9 Å². The highest BCUT2D eigenvalue weighted by molar-refractivity contribution is 6.28. The van der Waals surface area contributed by atoms with Crippen LogP contribution in [-0.4, -0.2) is 39.3 Å². The average molecular weight is 511 g/mol. The first kappa shape index (κ1) is 24.6. The molecule has 186 valence electrons. The third-order valence-corrected chi connectivity index (χ3v) is 5.75. The Morgan fingerprint density at radius 3 is 2.43 bits per heavy atom. The maximum atomic E-state index is 13.0. The van der Waals surface area contributed by atoms with Crippen molar-refractivity contribution >= 4 is 22.8 Å². The van der Waals surface area contributed by atoms with E-state index >= 15 is 0 Å². The molecule has 1 aromatic carbocycles. The number of hydrogen-bond donors (Lipinski definition) is 1. The van der Waals surface area contributed by atoms with Gasteiger partial charge in [0.25, 0.3) is 5.56 Å². The SMILES string of the molecule is CCCCn1c(=O)n(CCCn2nnnc2Cc2ccc(C(F)(F)F)cc2)c(=O)c2[nH]c(Cl)nc21. The molecule has 35 heavy (non-hydrogen) atoms. The van der Waals surface area contributed by atoms with Gasteiger partial charge in [-0.3, -0.25) is 13.9 Å². The summed E-state index contributed by atoms with van der Waals surface area (Å²) in [6.07, 6.45) is -2.23. The molecule has 0 saturated heterocycles. The van der Waals surface area contributed by atoms with Crippen LogP contribution in [0.5, 0.6) is 0 Å². The van der Waals surface area contributed by atoms with Gasteiger partial charge in [-0.15, -0.1) is 5.10 Å². The number of aromatic amines is 1. The monoisotopic (exact) mass is 510 g/mol. The van der Waals surface area contributed by atoms with Crippen molar-refractivity contribution in [2.24, 2.45) is 0 Å². The molecule has 0 aliphatic heterocycles. The van der Waals surface area contributed by atoms with Gasteiger partial charge < -0.3 is 4.98 Å². The van der Waals surface area contributed by atoms with Crippen molar-refractivity contribution in [1.82, 2.24) is 39.3 Å². The summed E-state index contributed by atoms with van der Waals surface area (Å²) in [5, 5.41) is 11.6. The first-order chi connectivity index (χ1) is 16.7. The highest BCUT2D eigenvalue weighted by Crippen LogP contribution is 2.29. The third kappa shape index (κ3) is 5.29. The molecule has 3 aromatic heterocycles. The number of nitrogens with one attached hydrogen (secondary N) is 1. The quantitative estimate of drug-likeness (QED) is 0.346. The Balaban J connectivity index is 1.50. The second-order valence-corrected chi connectivity index (χ2v) is 8.37. The smallest absolute Gasteiger partial charge is 0.323 e. The summed E-state index contributed by atoms with van der Waals surface area (Å²) in [5.41, 5.74) is -0.707. The van der Waals surface area contributed by atoms with Gasteiger partial charge in [-0.25, -0.2) is 9.48 Å². The van der Waals surface area contributed by atoms with Crippen LogP contribution in [-0.2, 0) is 32.2 Å². The number of aryl methyl sites for hydroxylation is 2. The van der Waals surface area contributed by atoms with E-state index < -0.39 is 23.0 Å². The predicted octanol–water partition coefficient (Wildman–Crippen LogP) is 3.03. The summed E-state index contributed by atoms with van der Waals surface area (Å²) < 4.78 is 42.4. The molecule has 0 atom stereocenters. The van der Waals surface area contributed by atoms with Gasteiger partial charge in [0, 0.05) is 26.1 Å². The van der Waals surface area contributed by atoms with Gasteiger partial charge in [0.2, 0.25) is 5.28 Å². The van der Waals surface area contributed by atoms with Crippen molar-refractivity contribution in [3.8, 4) is 0 Å².